The van der Waals surface area contributed by atoms with Gasteiger partial charge in [0.15, 0.2) is 22.3 Å². The van der Waals surface area contributed by atoms with Crippen LogP contribution in [0.15, 0.2) is 36.7 Å². The topological polar surface area (TPSA) is 86.2 Å². The molecule has 0 aliphatic rings. The zero-order valence-corrected chi connectivity index (χ0v) is 19.2. The van der Waals surface area contributed by atoms with Crippen molar-refractivity contribution in [2.24, 2.45) is 0 Å². The van der Waals surface area contributed by atoms with E-state index in [2.05, 4.69) is 27.2 Å². The zero-order chi connectivity index (χ0) is 22.2. The van der Waals surface area contributed by atoms with E-state index in [4.69, 9.17) is 9.47 Å². The molecule has 1 N–H and O–H groups in total. The Bertz CT molecular complexity index is 1010. The van der Waals surface area contributed by atoms with Crippen LogP contribution < -0.4 is 14.8 Å². The van der Waals surface area contributed by atoms with Gasteiger partial charge in [0.25, 0.3) is 5.91 Å². The fourth-order valence-corrected chi connectivity index (χ4v) is 3.98. The van der Waals surface area contributed by atoms with Gasteiger partial charge >= 0.3 is 0 Å². The van der Waals surface area contributed by atoms with E-state index in [0.29, 0.717) is 39.5 Å². The van der Waals surface area contributed by atoms with Gasteiger partial charge in [-0.25, -0.2) is 15.0 Å². The molecule has 1 unspecified atom stereocenters. The molecule has 0 saturated carbocycles. The number of benzene rings is 1. The molecule has 1 aromatic carbocycles. The lowest BCUT2D eigenvalue weighted by Gasteiger charge is -2.17. The average molecular weight is 441 g/mol. The molecule has 0 radical (unpaired) electrons. The highest BCUT2D eigenvalue weighted by molar-refractivity contribution is 7.17. The Balaban J connectivity index is 1.69. The lowest BCUT2D eigenvalue weighted by Crippen LogP contribution is -2.26. The molecule has 0 aliphatic carbocycles. The smallest absolute Gasteiger partial charge is 0.263 e. The van der Waals surface area contributed by atoms with Crippen molar-refractivity contribution in [1.82, 2.24) is 20.3 Å². The Morgan fingerprint density at radius 3 is 2.68 bits per heavy atom. The molecule has 0 fully saturated rings. The Kier molecular flexibility index (Phi) is 7.94. The summed E-state index contributed by atoms with van der Waals surface area (Å²) in [5, 5.41) is 3.67. The molecule has 31 heavy (non-hydrogen) atoms. The molecule has 7 nitrogen and oxygen atoms in total. The van der Waals surface area contributed by atoms with Gasteiger partial charge in [-0.2, -0.15) is 0 Å². The van der Waals surface area contributed by atoms with Crippen LogP contribution in [0.5, 0.6) is 11.5 Å². The van der Waals surface area contributed by atoms with Crippen molar-refractivity contribution in [3.8, 4) is 22.3 Å². The van der Waals surface area contributed by atoms with Gasteiger partial charge in [0.1, 0.15) is 4.88 Å². The summed E-state index contributed by atoms with van der Waals surface area (Å²) in [6.07, 6.45) is 6.61. The maximum absolute atomic E-state index is 12.9. The minimum absolute atomic E-state index is 0.177. The molecule has 0 saturated heterocycles. The van der Waals surface area contributed by atoms with E-state index < -0.39 is 0 Å². The third kappa shape index (κ3) is 5.79. The van der Waals surface area contributed by atoms with Crippen LogP contribution in [-0.4, -0.2) is 34.6 Å². The number of amides is 1. The third-order valence-electron chi connectivity index (χ3n) is 4.80. The van der Waals surface area contributed by atoms with E-state index in [1.165, 1.54) is 11.3 Å². The number of carbonyl (C=O) groups is 1. The largest absolute Gasteiger partial charge is 0.493 e. The van der Waals surface area contributed by atoms with Crippen LogP contribution >= 0.6 is 11.3 Å². The number of aryl methyl sites for hydroxylation is 1. The van der Waals surface area contributed by atoms with Gasteiger partial charge in [-0.1, -0.05) is 25.8 Å². The van der Waals surface area contributed by atoms with Crippen LogP contribution in [0.1, 0.15) is 60.1 Å². The first-order valence-electron chi connectivity index (χ1n) is 10.4. The normalized spacial score (nSPS) is 11.7. The van der Waals surface area contributed by atoms with Crippen LogP contribution in [0, 0.1) is 6.92 Å². The molecule has 2 heterocycles. The van der Waals surface area contributed by atoms with Gasteiger partial charge in [-0.3, -0.25) is 4.79 Å². The lowest BCUT2D eigenvalue weighted by molar-refractivity contribution is 0.0943. The number of hydrogen-bond donors (Lipinski definition) is 1. The van der Waals surface area contributed by atoms with Crippen LogP contribution in [-0.2, 0) is 0 Å². The summed E-state index contributed by atoms with van der Waals surface area (Å²) < 4.78 is 11.3. The molecule has 164 valence electrons. The highest BCUT2D eigenvalue weighted by Crippen LogP contribution is 2.31. The number of rotatable bonds is 10. The van der Waals surface area contributed by atoms with Crippen molar-refractivity contribution in [3.63, 3.8) is 0 Å². The minimum atomic E-state index is -0.214. The van der Waals surface area contributed by atoms with Gasteiger partial charge in [-0.15, -0.1) is 11.3 Å². The number of ether oxygens (including phenoxy) is 2. The van der Waals surface area contributed by atoms with E-state index in [1.807, 2.05) is 32.0 Å². The van der Waals surface area contributed by atoms with Gasteiger partial charge < -0.3 is 14.8 Å². The number of nitrogens with one attached hydrogen (secondary N) is 1. The first-order valence-corrected chi connectivity index (χ1v) is 11.2. The zero-order valence-electron chi connectivity index (χ0n) is 18.3. The molecule has 3 rings (SSSR count). The maximum atomic E-state index is 12.9. The Morgan fingerprint density at radius 2 is 1.97 bits per heavy atom. The van der Waals surface area contributed by atoms with Crippen molar-refractivity contribution in [2.45, 2.75) is 46.1 Å². The fourth-order valence-electron chi connectivity index (χ4n) is 3.06. The summed E-state index contributed by atoms with van der Waals surface area (Å²) >= 11 is 1.29. The van der Waals surface area contributed by atoms with Crippen molar-refractivity contribution in [3.05, 3.63) is 52.8 Å². The molecule has 8 heteroatoms. The standard InChI is InChI=1S/C23H28N4O3S/c1-5-6-7-13-30-18-10-9-17(14-19(18)29-4)15(2)26-22(28)20-16(3)27-23(31-20)21-24-11-8-12-25-21/h8-12,14-15H,5-7,13H2,1-4H3,(H,26,28). The van der Waals surface area contributed by atoms with Crippen molar-refractivity contribution in [2.75, 3.05) is 13.7 Å². The summed E-state index contributed by atoms with van der Waals surface area (Å²) in [5.74, 6) is 1.71. The first-order chi connectivity index (χ1) is 15.0. The molecule has 0 spiro atoms. The summed E-state index contributed by atoms with van der Waals surface area (Å²) in [6.45, 7) is 6.57. The van der Waals surface area contributed by atoms with E-state index in [9.17, 15) is 4.79 Å². The molecule has 2 aromatic heterocycles. The molecular formula is C23H28N4O3S. The predicted octanol–water partition coefficient (Wildman–Crippen LogP) is 4.98. The molecule has 0 bridgehead atoms. The molecule has 0 aliphatic heterocycles. The van der Waals surface area contributed by atoms with Crippen molar-refractivity contribution < 1.29 is 14.3 Å². The quantitative estimate of drug-likeness (QED) is 0.448. The van der Waals surface area contributed by atoms with E-state index in [1.54, 1.807) is 25.6 Å². The van der Waals surface area contributed by atoms with E-state index in [0.717, 1.165) is 24.8 Å². The fraction of sp³-hybridized carbons (Fsp3) is 0.391. The summed E-state index contributed by atoms with van der Waals surface area (Å²) in [4.78, 5) is 26.3. The molecule has 3 aromatic rings. The Morgan fingerprint density at radius 1 is 1.19 bits per heavy atom. The summed E-state index contributed by atoms with van der Waals surface area (Å²) in [5.41, 5.74) is 1.59. The van der Waals surface area contributed by atoms with Crippen LogP contribution in [0.25, 0.3) is 10.8 Å². The second-order valence-corrected chi connectivity index (χ2v) is 8.17. The monoisotopic (exact) mass is 440 g/mol. The number of thiazole rings is 1. The number of unbranched alkanes of at least 4 members (excludes halogenated alkanes) is 2. The first kappa shape index (κ1) is 22.7. The van der Waals surface area contributed by atoms with Crippen LogP contribution in [0.3, 0.4) is 0 Å². The number of methoxy groups -OCH3 is 1. The molecule has 1 amide bonds. The summed E-state index contributed by atoms with van der Waals surface area (Å²) in [6, 6.07) is 7.28. The van der Waals surface area contributed by atoms with Gasteiger partial charge in [0, 0.05) is 12.4 Å². The number of carbonyl (C=O) groups excluding carboxylic acids is 1. The second-order valence-electron chi connectivity index (χ2n) is 7.17. The highest BCUT2D eigenvalue weighted by atomic mass is 32.1. The van der Waals surface area contributed by atoms with Crippen molar-refractivity contribution in [1.29, 1.82) is 0 Å². The Labute approximate surface area is 186 Å². The Hall–Kier alpha value is -3.00. The van der Waals surface area contributed by atoms with Gasteiger partial charge in [0.05, 0.1) is 25.5 Å². The lowest BCUT2D eigenvalue weighted by atomic mass is 10.1. The van der Waals surface area contributed by atoms with Gasteiger partial charge in [0.2, 0.25) is 0 Å². The highest BCUT2D eigenvalue weighted by Gasteiger charge is 2.20. The SMILES string of the molecule is CCCCCOc1ccc(C(C)NC(=O)c2sc(-c3ncccn3)nc2C)cc1OC. The number of aromatic nitrogens is 3. The predicted molar refractivity (Wildman–Crippen MR) is 122 cm³/mol. The van der Waals surface area contributed by atoms with E-state index >= 15 is 0 Å². The maximum Gasteiger partial charge on any atom is 0.263 e. The third-order valence-corrected chi connectivity index (χ3v) is 5.95. The van der Waals surface area contributed by atoms with Crippen LogP contribution in [0.2, 0.25) is 0 Å². The molecule has 1 atom stereocenters. The second kappa shape index (κ2) is 10.9. The van der Waals surface area contributed by atoms with Gasteiger partial charge in [-0.05, 0) is 44.0 Å². The minimum Gasteiger partial charge on any atom is -0.493 e. The van der Waals surface area contributed by atoms with Crippen molar-refractivity contribution >= 4 is 17.2 Å². The number of hydrogen-bond acceptors (Lipinski definition) is 7. The molecular weight excluding hydrogens is 412 g/mol. The van der Waals surface area contributed by atoms with Crippen LogP contribution in [0.4, 0.5) is 0 Å². The number of nitrogens with zero attached hydrogens (tertiary/aromatic N) is 3. The summed E-state index contributed by atoms with van der Waals surface area (Å²) in [7, 11) is 1.62. The van der Waals surface area contributed by atoms with E-state index in [-0.39, 0.29) is 11.9 Å². The average Bonchev–Trinajstić information content (AvgIpc) is 3.19.